The monoisotopic (exact) mass is 295 g/mol. The van der Waals surface area contributed by atoms with Crippen molar-refractivity contribution in [3.05, 3.63) is 20.8 Å². The van der Waals surface area contributed by atoms with Gasteiger partial charge in [0.2, 0.25) is 0 Å². The van der Waals surface area contributed by atoms with Gasteiger partial charge in [0, 0.05) is 31.9 Å². The summed E-state index contributed by atoms with van der Waals surface area (Å²) in [5.41, 5.74) is 5.60. The van der Waals surface area contributed by atoms with Crippen LogP contribution in [-0.4, -0.2) is 16.0 Å². The lowest BCUT2D eigenvalue weighted by atomic mass is 10.3. The van der Waals surface area contributed by atoms with Crippen LogP contribution in [0.1, 0.15) is 18.2 Å². The van der Waals surface area contributed by atoms with E-state index in [-0.39, 0.29) is 6.04 Å². The maximum absolute atomic E-state index is 11.6. The van der Waals surface area contributed by atoms with Crippen molar-refractivity contribution in [2.75, 3.05) is 5.75 Å². The van der Waals surface area contributed by atoms with E-state index in [9.17, 15) is 4.21 Å². The van der Waals surface area contributed by atoms with Crippen molar-refractivity contribution in [3.63, 3.8) is 0 Å². The van der Waals surface area contributed by atoms with E-state index in [1.165, 1.54) is 0 Å². The molecule has 0 spiro atoms. The summed E-state index contributed by atoms with van der Waals surface area (Å²) in [6.45, 7) is 1.94. The Morgan fingerprint density at radius 1 is 1.71 bits per heavy atom. The van der Waals surface area contributed by atoms with Gasteiger partial charge in [0.1, 0.15) is 0 Å². The van der Waals surface area contributed by atoms with Gasteiger partial charge in [-0.15, -0.1) is 11.3 Å². The highest BCUT2D eigenvalue weighted by Crippen LogP contribution is 2.24. The molecule has 0 aliphatic heterocycles. The van der Waals surface area contributed by atoms with Crippen molar-refractivity contribution < 1.29 is 4.21 Å². The van der Waals surface area contributed by atoms with Crippen LogP contribution in [-0.2, 0) is 16.6 Å². The Labute approximate surface area is 99.5 Å². The fourth-order valence-electron chi connectivity index (χ4n) is 0.964. The first-order valence-corrected chi connectivity index (χ1v) is 7.58. The van der Waals surface area contributed by atoms with E-state index in [4.69, 9.17) is 5.73 Å². The summed E-state index contributed by atoms with van der Waals surface area (Å²) in [6, 6.07) is 2.13. The normalized spacial score (nSPS) is 15.4. The number of halogens is 1. The molecular formula is C9H14BrNOS2. The third-order valence-electron chi connectivity index (χ3n) is 1.78. The Kier molecular flexibility index (Phi) is 5.30. The van der Waals surface area contributed by atoms with E-state index in [0.717, 1.165) is 15.8 Å². The molecule has 0 saturated carbocycles. The van der Waals surface area contributed by atoms with Gasteiger partial charge in [0.25, 0.3) is 0 Å². The maximum atomic E-state index is 11.6. The van der Waals surface area contributed by atoms with Crippen LogP contribution in [0.15, 0.2) is 15.9 Å². The number of thiophene rings is 1. The zero-order valence-electron chi connectivity index (χ0n) is 8.03. The first-order chi connectivity index (χ1) is 6.59. The van der Waals surface area contributed by atoms with Crippen LogP contribution in [0.4, 0.5) is 0 Å². The van der Waals surface area contributed by atoms with Gasteiger partial charge in [-0.2, -0.15) is 0 Å². The van der Waals surface area contributed by atoms with E-state index >= 15 is 0 Å². The van der Waals surface area contributed by atoms with Crippen molar-refractivity contribution in [1.29, 1.82) is 0 Å². The fraction of sp³-hybridized carbons (Fsp3) is 0.556. The van der Waals surface area contributed by atoms with Gasteiger partial charge >= 0.3 is 0 Å². The molecule has 0 aromatic carbocycles. The second-order valence-electron chi connectivity index (χ2n) is 3.25. The second kappa shape index (κ2) is 6.00. The molecule has 2 N–H and O–H groups in total. The van der Waals surface area contributed by atoms with Gasteiger partial charge in [-0.1, -0.05) is 0 Å². The van der Waals surface area contributed by atoms with Crippen LogP contribution in [0.5, 0.6) is 0 Å². The highest BCUT2D eigenvalue weighted by molar-refractivity contribution is 9.10. The molecule has 5 heteroatoms. The number of nitrogens with two attached hydrogens (primary N) is 1. The fourth-order valence-corrected chi connectivity index (χ4v) is 4.32. The summed E-state index contributed by atoms with van der Waals surface area (Å²) >= 11 is 5.07. The first kappa shape index (κ1) is 12.4. The first-order valence-electron chi connectivity index (χ1n) is 4.42. The summed E-state index contributed by atoms with van der Waals surface area (Å²) in [6.07, 6.45) is 0.829. The average Bonchev–Trinajstić information content (AvgIpc) is 2.49. The molecule has 0 radical (unpaired) electrons. The van der Waals surface area contributed by atoms with Crippen LogP contribution in [0, 0.1) is 0 Å². The molecule has 2 nitrogen and oxygen atoms in total. The van der Waals surface area contributed by atoms with E-state index in [0.29, 0.717) is 11.5 Å². The Balaban J connectivity index is 2.38. The Hall–Kier alpha value is 0.290. The summed E-state index contributed by atoms with van der Waals surface area (Å²) in [5.74, 6) is 1.34. The molecule has 0 bridgehead atoms. The molecule has 0 saturated heterocycles. The third-order valence-corrected chi connectivity index (χ3v) is 5.19. The lowest BCUT2D eigenvalue weighted by molar-refractivity contribution is 0.667. The molecule has 2 atom stereocenters. The highest BCUT2D eigenvalue weighted by atomic mass is 79.9. The molecular weight excluding hydrogens is 282 g/mol. The Bertz CT molecular complexity index is 312. The average molecular weight is 296 g/mol. The lowest BCUT2D eigenvalue weighted by Gasteiger charge is -2.04. The summed E-state index contributed by atoms with van der Waals surface area (Å²) in [5, 5.41) is 2.00. The number of hydrogen-bond donors (Lipinski definition) is 1. The molecule has 0 aliphatic carbocycles. The van der Waals surface area contributed by atoms with Crippen molar-refractivity contribution in [2.24, 2.45) is 5.73 Å². The minimum absolute atomic E-state index is 0.144. The topological polar surface area (TPSA) is 43.1 Å². The second-order valence-corrected chi connectivity index (χ2v) is 6.68. The zero-order chi connectivity index (χ0) is 10.6. The van der Waals surface area contributed by atoms with Crippen LogP contribution >= 0.6 is 27.3 Å². The minimum atomic E-state index is -0.780. The maximum Gasteiger partial charge on any atom is 0.0591 e. The van der Waals surface area contributed by atoms with Gasteiger partial charge < -0.3 is 5.73 Å². The Morgan fingerprint density at radius 3 is 2.93 bits per heavy atom. The third kappa shape index (κ3) is 4.21. The van der Waals surface area contributed by atoms with Crippen LogP contribution in [0.3, 0.4) is 0 Å². The van der Waals surface area contributed by atoms with E-state index < -0.39 is 10.8 Å². The molecule has 14 heavy (non-hydrogen) atoms. The molecule has 1 aromatic rings. The van der Waals surface area contributed by atoms with Crippen LogP contribution in [0.25, 0.3) is 0 Å². The Morgan fingerprint density at radius 2 is 2.43 bits per heavy atom. The smallest absolute Gasteiger partial charge is 0.0591 e. The quantitative estimate of drug-likeness (QED) is 0.907. The molecule has 1 rings (SSSR count). The summed E-state index contributed by atoms with van der Waals surface area (Å²) < 4.78 is 12.7. The van der Waals surface area contributed by atoms with E-state index in [1.54, 1.807) is 11.3 Å². The van der Waals surface area contributed by atoms with Crippen molar-refractivity contribution in [3.8, 4) is 0 Å². The highest BCUT2D eigenvalue weighted by Gasteiger charge is 2.07. The molecule has 2 unspecified atom stereocenters. The molecule has 0 amide bonds. The SMILES string of the molecule is CC(N)CCS(=O)Cc1sccc1Br. The molecule has 0 fully saturated rings. The van der Waals surface area contributed by atoms with Gasteiger partial charge in [-0.25, -0.2) is 0 Å². The summed E-state index contributed by atoms with van der Waals surface area (Å²) in [7, 11) is -0.780. The van der Waals surface area contributed by atoms with E-state index in [2.05, 4.69) is 15.9 Å². The largest absolute Gasteiger partial charge is 0.328 e. The van der Waals surface area contributed by atoms with E-state index in [1.807, 2.05) is 18.4 Å². The molecule has 1 aromatic heterocycles. The van der Waals surface area contributed by atoms with Crippen molar-refractivity contribution >= 4 is 38.1 Å². The number of rotatable bonds is 5. The van der Waals surface area contributed by atoms with Gasteiger partial charge in [0.05, 0.1) is 5.75 Å². The zero-order valence-corrected chi connectivity index (χ0v) is 11.3. The minimum Gasteiger partial charge on any atom is -0.328 e. The molecule has 1 heterocycles. The lowest BCUT2D eigenvalue weighted by Crippen LogP contribution is -2.18. The standard InChI is InChI=1S/C9H14BrNOS2/c1-7(11)3-5-14(12)6-9-8(10)2-4-13-9/h2,4,7H,3,5-6,11H2,1H3. The van der Waals surface area contributed by atoms with Gasteiger partial charge in [-0.3, -0.25) is 4.21 Å². The molecule has 0 aliphatic rings. The molecule has 80 valence electrons. The van der Waals surface area contributed by atoms with Crippen LogP contribution < -0.4 is 5.73 Å². The van der Waals surface area contributed by atoms with Gasteiger partial charge in [0.15, 0.2) is 0 Å². The van der Waals surface area contributed by atoms with Crippen molar-refractivity contribution in [2.45, 2.75) is 25.1 Å². The summed E-state index contributed by atoms with van der Waals surface area (Å²) in [4.78, 5) is 1.16. The number of hydrogen-bond acceptors (Lipinski definition) is 3. The van der Waals surface area contributed by atoms with Crippen molar-refractivity contribution in [1.82, 2.24) is 0 Å². The van der Waals surface area contributed by atoms with Crippen LogP contribution in [0.2, 0.25) is 0 Å². The van der Waals surface area contributed by atoms with Gasteiger partial charge in [-0.05, 0) is 40.7 Å². The predicted molar refractivity (Wildman–Crippen MR) is 67.0 cm³/mol. The predicted octanol–water partition coefficient (Wildman–Crippen LogP) is 2.50.